The van der Waals surface area contributed by atoms with Crippen LogP contribution in [0.2, 0.25) is 0 Å². The number of likely N-dealkylation sites (N-methyl/N-ethyl adjacent to an activating group) is 1. The minimum Gasteiger partial charge on any atom is -0.387 e. The number of allylic oxidation sites excluding steroid dienone is 5. The van der Waals surface area contributed by atoms with Crippen molar-refractivity contribution in [1.29, 1.82) is 0 Å². The number of hydrogen-bond acceptors (Lipinski definition) is 5. The van der Waals surface area contributed by atoms with Crippen LogP contribution in [-0.4, -0.2) is 73.4 Å². The van der Waals surface area contributed by atoms with Gasteiger partial charge in [0.15, 0.2) is 0 Å². The van der Waals surface area contributed by atoms with Gasteiger partial charge in [-0.25, -0.2) is 4.57 Å². The zero-order valence-corrected chi connectivity index (χ0v) is 45.3. The first-order chi connectivity index (χ1) is 32.0. The number of amides is 1. The third kappa shape index (κ3) is 50.6. The molecule has 0 saturated heterocycles. The maximum atomic E-state index is 13.0. The van der Waals surface area contributed by atoms with Crippen LogP contribution < -0.4 is 5.32 Å². The molecule has 66 heavy (non-hydrogen) atoms. The summed E-state index contributed by atoms with van der Waals surface area (Å²) in [5.74, 6) is -0.176. The predicted octanol–water partition coefficient (Wildman–Crippen LogP) is 17.0. The van der Waals surface area contributed by atoms with Crippen LogP contribution in [0.4, 0.5) is 0 Å². The summed E-state index contributed by atoms with van der Waals surface area (Å²) in [6.07, 6.45) is 62.4. The summed E-state index contributed by atoms with van der Waals surface area (Å²) in [5, 5.41) is 13.9. The van der Waals surface area contributed by atoms with Crippen molar-refractivity contribution in [1.82, 2.24) is 5.32 Å². The minimum absolute atomic E-state index is 0.0620. The zero-order chi connectivity index (χ0) is 48.5. The van der Waals surface area contributed by atoms with Gasteiger partial charge in [0.25, 0.3) is 0 Å². The lowest BCUT2D eigenvalue weighted by atomic mass is 10.0. The fraction of sp³-hybridized carbons (Fsp3) is 0.877. The highest BCUT2D eigenvalue weighted by Crippen LogP contribution is 2.43. The van der Waals surface area contributed by atoms with Gasteiger partial charge in [-0.1, -0.05) is 249 Å². The molecule has 0 aromatic carbocycles. The van der Waals surface area contributed by atoms with Crippen molar-refractivity contribution in [2.24, 2.45) is 0 Å². The number of nitrogens with one attached hydrogen (secondary N) is 1. The lowest BCUT2D eigenvalue weighted by molar-refractivity contribution is -0.870. The van der Waals surface area contributed by atoms with Crippen molar-refractivity contribution in [3.63, 3.8) is 0 Å². The largest absolute Gasteiger partial charge is 0.472 e. The van der Waals surface area contributed by atoms with Crippen LogP contribution in [0.1, 0.15) is 271 Å². The number of quaternary nitrogens is 1. The molecule has 3 unspecified atom stereocenters. The Morgan fingerprint density at radius 2 is 0.864 bits per heavy atom. The first-order valence-corrected chi connectivity index (χ1v) is 29.9. The number of unbranched alkanes of at least 4 members (excludes halogenated alkanes) is 35. The molecule has 0 spiro atoms. The SMILES string of the molecule is CCCCCCCCCCC/C=C\C/C=C\CCCCCCCCCCCCCCCC(=O)NC(COP(=O)(O)OCC[N+](C)(C)C)C(O)/C=C/CCCCCCCCCCCCCCC. The first-order valence-electron chi connectivity index (χ1n) is 28.4. The van der Waals surface area contributed by atoms with Gasteiger partial charge in [0, 0.05) is 6.42 Å². The number of nitrogens with zero attached hydrogens (tertiary/aromatic N) is 1. The number of aliphatic hydroxyl groups excluding tert-OH is 1. The van der Waals surface area contributed by atoms with E-state index in [9.17, 15) is 19.4 Å². The van der Waals surface area contributed by atoms with Gasteiger partial charge in [-0.2, -0.15) is 0 Å². The van der Waals surface area contributed by atoms with Crippen molar-refractivity contribution in [3.8, 4) is 0 Å². The van der Waals surface area contributed by atoms with E-state index in [0.29, 0.717) is 17.4 Å². The van der Waals surface area contributed by atoms with Crippen molar-refractivity contribution >= 4 is 13.7 Å². The summed E-state index contributed by atoms with van der Waals surface area (Å²) in [5.41, 5.74) is 0. The number of rotatable bonds is 52. The van der Waals surface area contributed by atoms with E-state index in [1.165, 1.54) is 205 Å². The Morgan fingerprint density at radius 3 is 1.24 bits per heavy atom. The fourth-order valence-electron chi connectivity index (χ4n) is 8.37. The molecular weight excluding hydrogens is 840 g/mol. The third-order valence-corrected chi connectivity index (χ3v) is 13.8. The number of carbonyl (C=O) groups excluding carboxylic acids is 1. The number of phosphoric acid groups is 1. The summed E-state index contributed by atoms with van der Waals surface area (Å²) >= 11 is 0. The standard InChI is InChI=1S/C57H111N2O6P/c1-6-8-10-12-14-16-18-20-22-23-24-25-26-27-28-29-30-31-32-33-34-35-37-39-41-43-45-47-49-51-57(61)58-55(54-65-66(62,63)64-53-52-59(3,4)5)56(60)50-48-46-44-42-40-38-36-21-19-17-15-13-11-9-7-2/h24-25,27-28,48,50,55-56,60H,6-23,26,29-47,49,51-54H2,1-5H3,(H-,58,61,62,63)/p+1/b25-24-,28-27-,50-48+. The zero-order valence-electron chi connectivity index (χ0n) is 44.4. The van der Waals surface area contributed by atoms with Crippen LogP contribution in [0.25, 0.3) is 0 Å². The van der Waals surface area contributed by atoms with Crippen molar-refractivity contribution < 1.29 is 32.9 Å². The molecule has 0 radical (unpaired) electrons. The average molecular weight is 953 g/mol. The molecule has 0 aliphatic heterocycles. The highest BCUT2D eigenvalue weighted by atomic mass is 31.2. The van der Waals surface area contributed by atoms with Gasteiger partial charge in [0.1, 0.15) is 13.2 Å². The highest BCUT2D eigenvalue weighted by molar-refractivity contribution is 7.47. The van der Waals surface area contributed by atoms with Crippen molar-refractivity contribution in [2.45, 2.75) is 283 Å². The maximum absolute atomic E-state index is 13.0. The van der Waals surface area contributed by atoms with E-state index >= 15 is 0 Å². The molecule has 9 heteroatoms. The Bertz CT molecular complexity index is 1170. The van der Waals surface area contributed by atoms with Gasteiger partial charge in [-0.3, -0.25) is 13.8 Å². The van der Waals surface area contributed by atoms with E-state index < -0.39 is 20.0 Å². The second kappa shape index (κ2) is 48.7. The quantitative estimate of drug-likeness (QED) is 0.0243. The van der Waals surface area contributed by atoms with Crippen LogP contribution in [-0.2, 0) is 18.4 Å². The molecule has 1 amide bonds. The van der Waals surface area contributed by atoms with Crippen molar-refractivity contribution in [2.75, 3.05) is 40.9 Å². The Labute approximate surface area is 410 Å². The summed E-state index contributed by atoms with van der Waals surface area (Å²) in [4.78, 5) is 23.3. The molecule has 0 bridgehead atoms. The monoisotopic (exact) mass is 952 g/mol. The van der Waals surface area contributed by atoms with Crippen LogP contribution >= 0.6 is 7.82 Å². The Morgan fingerprint density at radius 1 is 0.515 bits per heavy atom. The second-order valence-corrected chi connectivity index (χ2v) is 22.1. The minimum atomic E-state index is -4.34. The summed E-state index contributed by atoms with van der Waals surface area (Å²) in [6, 6.07) is -0.846. The van der Waals surface area contributed by atoms with E-state index in [1.807, 2.05) is 27.2 Å². The van der Waals surface area contributed by atoms with Crippen LogP contribution in [0.5, 0.6) is 0 Å². The normalized spacial score (nSPS) is 14.2. The summed E-state index contributed by atoms with van der Waals surface area (Å²) in [6.45, 7) is 4.84. The molecule has 0 aliphatic carbocycles. The van der Waals surface area contributed by atoms with Crippen LogP contribution in [0.3, 0.4) is 0 Å². The van der Waals surface area contributed by atoms with Gasteiger partial charge in [-0.15, -0.1) is 0 Å². The van der Waals surface area contributed by atoms with E-state index in [4.69, 9.17) is 9.05 Å². The predicted molar refractivity (Wildman–Crippen MR) is 286 cm³/mol. The smallest absolute Gasteiger partial charge is 0.387 e. The summed E-state index contributed by atoms with van der Waals surface area (Å²) < 4.78 is 23.7. The number of aliphatic hydroxyl groups is 1. The molecule has 3 N–H and O–H groups in total. The van der Waals surface area contributed by atoms with Crippen LogP contribution in [0.15, 0.2) is 36.5 Å². The Kier molecular flexibility index (Phi) is 47.8. The number of phosphoric ester groups is 1. The van der Waals surface area contributed by atoms with Crippen LogP contribution in [0, 0.1) is 0 Å². The Balaban J connectivity index is 4.13. The Hall–Kier alpha value is -1.28. The van der Waals surface area contributed by atoms with Gasteiger partial charge < -0.3 is 19.8 Å². The highest BCUT2D eigenvalue weighted by Gasteiger charge is 2.27. The lowest BCUT2D eigenvalue weighted by Crippen LogP contribution is -2.45. The molecule has 8 nitrogen and oxygen atoms in total. The van der Waals surface area contributed by atoms with Crippen molar-refractivity contribution in [3.05, 3.63) is 36.5 Å². The van der Waals surface area contributed by atoms with E-state index in [-0.39, 0.29) is 19.1 Å². The maximum Gasteiger partial charge on any atom is 0.472 e. The topological polar surface area (TPSA) is 105 Å². The molecule has 0 saturated carbocycles. The second-order valence-electron chi connectivity index (χ2n) is 20.7. The van der Waals surface area contributed by atoms with Gasteiger partial charge in [0.05, 0.1) is 39.9 Å². The van der Waals surface area contributed by atoms with Gasteiger partial charge >= 0.3 is 7.82 Å². The molecule has 0 fully saturated rings. The molecule has 0 heterocycles. The molecule has 390 valence electrons. The molecular formula is C57H112N2O6P+. The van der Waals surface area contributed by atoms with Gasteiger partial charge in [0.2, 0.25) is 5.91 Å². The molecule has 0 aliphatic rings. The van der Waals surface area contributed by atoms with E-state index in [2.05, 4.69) is 43.5 Å². The lowest BCUT2D eigenvalue weighted by Gasteiger charge is -2.25. The van der Waals surface area contributed by atoms with Gasteiger partial charge in [-0.05, 0) is 51.4 Å². The first kappa shape index (κ1) is 64.7. The third-order valence-electron chi connectivity index (χ3n) is 12.9. The fourth-order valence-corrected chi connectivity index (χ4v) is 9.10. The number of carbonyl (C=O) groups is 1. The summed E-state index contributed by atoms with van der Waals surface area (Å²) in [7, 11) is 1.58. The molecule has 0 rings (SSSR count). The van der Waals surface area contributed by atoms with E-state index in [1.54, 1.807) is 6.08 Å². The van der Waals surface area contributed by atoms with E-state index in [0.717, 1.165) is 44.9 Å². The average Bonchev–Trinajstić information content (AvgIpc) is 3.28. The molecule has 0 aromatic rings. The molecule has 3 atom stereocenters. The molecule has 0 aromatic heterocycles. The number of hydrogen-bond donors (Lipinski definition) is 3.